The lowest BCUT2D eigenvalue weighted by molar-refractivity contribution is -0.163. The van der Waals surface area contributed by atoms with Gasteiger partial charge in [0.15, 0.2) is 11.8 Å². The van der Waals surface area contributed by atoms with Gasteiger partial charge in [0.25, 0.3) is 0 Å². The lowest BCUT2D eigenvalue weighted by Crippen LogP contribution is -2.58. The summed E-state index contributed by atoms with van der Waals surface area (Å²) in [6.07, 6.45) is 6.71. The van der Waals surface area contributed by atoms with Crippen LogP contribution in [0, 0.1) is 5.92 Å². The molecule has 0 aromatic rings. The zero-order chi connectivity index (χ0) is 16.2. The fourth-order valence-corrected chi connectivity index (χ4v) is 3.69. The third kappa shape index (κ3) is 3.16. The number of amides is 1. The summed E-state index contributed by atoms with van der Waals surface area (Å²) < 4.78 is 5.01. The van der Waals surface area contributed by atoms with Gasteiger partial charge in [0.2, 0.25) is 5.91 Å². The van der Waals surface area contributed by atoms with Crippen molar-refractivity contribution in [1.82, 2.24) is 4.90 Å². The molecule has 1 saturated carbocycles. The average molecular weight is 310 g/mol. The van der Waals surface area contributed by atoms with Crippen LogP contribution >= 0.6 is 0 Å². The Bertz CT molecular complexity index is 434. The number of aldehydes is 1. The first-order valence-electron chi connectivity index (χ1n) is 8.25. The molecule has 0 aromatic carbocycles. The van der Waals surface area contributed by atoms with E-state index in [-0.39, 0.29) is 12.5 Å². The highest BCUT2D eigenvalue weighted by molar-refractivity contribution is 6.03. The maximum atomic E-state index is 12.7. The van der Waals surface area contributed by atoms with Crippen molar-refractivity contribution >= 4 is 18.2 Å². The topological polar surface area (TPSA) is 89.7 Å². The number of nitrogens with two attached hydrogens (primary N) is 1. The van der Waals surface area contributed by atoms with E-state index < -0.39 is 17.6 Å². The van der Waals surface area contributed by atoms with Gasteiger partial charge in [-0.2, -0.15) is 0 Å². The van der Waals surface area contributed by atoms with Crippen LogP contribution in [0.3, 0.4) is 0 Å². The molecule has 2 aliphatic rings. The van der Waals surface area contributed by atoms with E-state index in [0.29, 0.717) is 38.0 Å². The molecule has 2 fully saturated rings. The largest absolute Gasteiger partial charge is 0.464 e. The molecule has 0 radical (unpaired) electrons. The molecule has 6 nitrogen and oxygen atoms in total. The minimum atomic E-state index is -1.47. The van der Waals surface area contributed by atoms with E-state index in [4.69, 9.17) is 10.5 Å². The summed E-state index contributed by atoms with van der Waals surface area (Å²) in [4.78, 5) is 37.8. The molecule has 124 valence electrons. The number of carbonyl (C=O) groups excluding carboxylic acids is 3. The molecule has 1 heterocycles. The Morgan fingerprint density at radius 3 is 2.64 bits per heavy atom. The highest BCUT2D eigenvalue weighted by Crippen LogP contribution is 2.32. The van der Waals surface area contributed by atoms with Crippen LogP contribution in [0.15, 0.2) is 0 Å². The van der Waals surface area contributed by atoms with E-state index in [1.807, 2.05) is 0 Å². The summed E-state index contributed by atoms with van der Waals surface area (Å²) in [6, 6.07) is -0.644. The Morgan fingerprint density at radius 1 is 1.36 bits per heavy atom. The molecule has 1 aliphatic heterocycles. The standard InChI is InChI=1S/C16H26N2O4/c1-2-22-15(21)16(11-19)8-5-9-18(16)14(20)13(17)10-12-6-3-4-7-12/h11-13H,2-10,17H2,1H3/t13?,16-/m0/s1. The SMILES string of the molecule is CCOC(=O)[C@@]1(C=O)CCCN1C(=O)C(N)CC1CCCC1. The Morgan fingerprint density at radius 2 is 2.05 bits per heavy atom. The van der Waals surface area contributed by atoms with E-state index in [0.717, 1.165) is 12.8 Å². The molecule has 1 saturated heterocycles. The average Bonchev–Trinajstić information content (AvgIpc) is 3.16. The monoisotopic (exact) mass is 310 g/mol. The predicted molar refractivity (Wildman–Crippen MR) is 80.9 cm³/mol. The van der Waals surface area contributed by atoms with E-state index >= 15 is 0 Å². The number of likely N-dealkylation sites (tertiary alicyclic amines) is 1. The van der Waals surface area contributed by atoms with Crippen LogP contribution in [-0.4, -0.2) is 47.8 Å². The van der Waals surface area contributed by atoms with Crippen LogP contribution in [0.1, 0.15) is 51.9 Å². The number of carbonyl (C=O) groups is 3. The number of nitrogens with zero attached hydrogens (tertiary/aromatic N) is 1. The van der Waals surface area contributed by atoms with Gasteiger partial charge in [0, 0.05) is 6.54 Å². The van der Waals surface area contributed by atoms with Crippen LogP contribution in [0.5, 0.6) is 0 Å². The van der Waals surface area contributed by atoms with Crippen molar-refractivity contribution < 1.29 is 19.1 Å². The number of hydrogen-bond donors (Lipinski definition) is 1. The van der Waals surface area contributed by atoms with E-state index in [1.54, 1.807) is 6.92 Å². The molecule has 2 N–H and O–H groups in total. The highest BCUT2D eigenvalue weighted by atomic mass is 16.5. The second kappa shape index (κ2) is 7.22. The fraction of sp³-hybridized carbons (Fsp3) is 0.812. The molecular formula is C16H26N2O4. The number of hydrogen-bond acceptors (Lipinski definition) is 5. The van der Waals surface area contributed by atoms with E-state index in [1.165, 1.54) is 17.7 Å². The van der Waals surface area contributed by atoms with Gasteiger partial charge in [-0.05, 0) is 32.1 Å². The summed E-state index contributed by atoms with van der Waals surface area (Å²) in [7, 11) is 0. The van der Waals surface area contributed by atoms with Crippen LogP contribution in [0.25, 0.3) is 0 Å². The summed E-state index contributed by atoms with van der Waals surface area (Å²) in [5.74, 6) is -0.455. The maximum absolute atomic E-state index is 12.7. The van der Waals surface area contributed by atoms with Gasteiger partial charge in [0.1, 0.15) is 0 Å². The lowest BCUT2D eigenvalue weighted by Gasteiger charge is -2.33. The lowest BCUT2D eigenvalue weighted by atomic mass is 9.95. The minimum absolute atomic E-state index is 0.185. The molecule has 2 atom stereocenters. The van der Waals surface area contributed by atoms with Gasteiger partial charge in [-0.25, -0.2) is 4.79 Å². The molecule has 22 heavy (non-hydrogen) atoms. The maximum Gasteiger partial charge on any atom is 0.339 e. The first kappa shape index (κ1) is 16.9. The first-order valence-corrected chi connectivity index (χ1v) is 8.25. The second-order valence-electron chi connectivity index (χ2n) is 6.35. The second-order valence-corrected chi connectivity index (χ2v) is 6.35. The van der Waals surface area contributed by atoms with Crippen molar-refractivity contribution in [2.45, 2.75) is 63.5 Å². The van der Waals surface area contributed by atoms with Gasteiger partial charge in [-0.15, -0.1) is 0 Å². The Balaban J connectivity index is 2.08. The molecule has 1 aliphatic carbocycles. The Labute approximate surface area is 131 Å². The van der Waals surface area contributed by atoms with Crippen molar-refractivity contribution in [2.24, 2.45) is 11.7 Å². The van der Waals surface area contributed by atoms with Gasteiger partial charge in [-0.1, -0.05) is 25.7 Å². The third-order valence-corrected chi connectivity index (χ3v) is 4.89. The molecule has 0 bridgehead atoms. The van der Waals surface area contributed by atoms with Crippen molar-refractivity contribution in [3.63, 3.8) is 0 Å². The fourth-order valence-electron chi connectivity index (χ4n) is 3.69. The predicted octanol–water partition coefficient (Wildman–Crippen LogP) is 1.02. The summed E-state index contributed by atoms with van der Waals surface area (Å²) in [5.41, 5.74) is 4.60. The summed E-state index contributed by atoms with van der Waals surface area (Å²) >= 11 is 0. The van der Waals surface area contributed by atoms with Gasteiger partial charge < -0.3 is 20.2 Å². The molecule has 6 heteroatoms. The van der Waals surface area contributed by atoms with Crippen LogP contribution in [0.2, 0.25) is 0 Å². The third-order valence-electron chi connectivity index (χ3n) is 4.89. The normalized spacial score (nSPS) is 26.9. The molecule has 2 rings (SSSR count). The zero-order valence-corrected chi connectivity index (χ0v) is 13.3. The summed E-state index contributed by atoms with van der Waals surface area (Å²) in [5, 5.41) is 0. The molecule has 0 spiro atoms. The molecule has 1 amide bonds. The number of ether oxygens (including phenoxy) is 1. The van der Waals surface area contributed by atoms with Crippen molar-refractivity contribution in [2.75, 3.05) is 13.2 Å². The quantitative estimate of drug-likeness (QED) is 0.449. The number of rotatable bonds is 6. The highest BCUT2D eigenvalue weighted by Gasteiger charge is 2.52. The van der Waals surface area contributed by atoms with Gasteiger partial charge in [-0.3, -0.25) is 4.79 Å². The van der Waals surface area contributed by atoms with E-state index in [2.05, 4.69) is 0 Å². The molecule has 0 aromatic heterocycles. The number of esters is 1. The molecular weight excluding hydrogens is 284 g/mol. The smallest absolute Gasteiger partial charge is 0.339 e. The Hall–Kier alpha value is -1.43. The van der Waals surface area contributed by atoms with Crippen molar-refractivity contribution in [3.05, 3.63) is 0 Å². The van der Waals surface area contributed by atoms with Gasteiger partial charge >= 0.3 is 5.97 Å². The van der Waals surface area contributed by atoms with Crippen LogP contribution in [-0.2, 0) is 19.1 Å². The molecule has 1 unspecified atom stereocenters. The van der Waals surface area contributed by atoms with Crippen molar-refractivity contribution in [3.8, 4) is 0 Å². The van der Waals surface area contributed by atoms with Gasteiger partial charge in [0.05, 0.1) is 12.6 Å². The van der Waals surface area contributed by atoms with Crippen LogP contribution < -0.4 is 5.73 Å². The van der Waals surface area contributed by atoms with E-state index in [9.17, 15) is 14.4 Å². The summed E-state index contributed by atoms with van der Waals surface area (Å²) in [6.45, 7) is 2.25. The van der Waals surface area contributed by atoms with Crippen molar-refractivity contribution in [1.29, 1.82) is 0 Å². The Kier molecular flexibility index (Phi) is 5.56. The van der Waals surface area contributed by atoms with Crippen LogP contribution in [0.4, 0.5) is 0 Å². The minimum Gasteiger partial charge on any atom is -0.464 e. The zero-order valence-electron chi connectivity index (χ0n) is 13.3. The first-order chi connectivity index (χ1) is 10.5.